The van der Waals surface area contributed by atoms with Crippen molar-refractivity contribution < 1.29 is 32.5 Å². The van der Waals surface area contributed by atoms with Crippen LogP contribution in [0.2, 0.25) is 0 Å². The molecule has 0 bridgehead atoms. The summed E-state index contributed by atoms with van der Waals surface area (Å²) in [6, 6.07) is -1.58. The van der Waals surface area contributed by atoms with Crippen LogP contribution in [0.25, 0.3) is 0 Å². The van der Waals surface area contributed by atoms with Crippen LogP contribution in [0.15, 0.2) is 0 Å². The van der Waals surface area contributed by atoms with Crippen LogP contribution >= 0.6 is 0 Å². The van der Waals surface area contributed by atoms with Gasteiger partial charge in [-0.2, -0.15) is 13.2 Å². The molecule has 1 rings (SSSR count). The Kier molecular flexibility index (Phi) is 4.31. The minimum Gasteiger partial charge on any atom is -0.444 e. The van der Waals surface area contributed by atoms with Crippen molar-refractivity contribution in [2.24, 2.45) is 0 Å². The molecule has 1 amide bonds. The molecule has 1 heterocycles. The SMILES string of the molecule is CC(C)(C)OC(=O)N1[C@H]([C@](C)(O)C(F)(F)F)COC1(C)C. The van der Waals surface area contributed by atoms with Gasteiger partial charge in [0.1, 0.15) is 11.3 Å². The van der Waals surface area contributed by atoms with Crippen LogP contribution in [-0.4, -0.2) is 51.9 Å². The molecule has 0 aromatic rings. The second-order valence-electron chi connectivity index (χ2n) is 6.77. The first-order valence-electron chi connectivity index (χ1n) is 6.55. The van der Waals surface area contributed by atoms with E-state index in [1.165, 1.54) is 13.8 Å². The van der Waals surface area contributed by atoms with E-state index in [9.17, 15) is 23.1 Å². The summed E-state index contributed by atoms with van der Waals surface area (Å²) in [6.45, 7) is 7.90. The third-order valence-electron chi connectivity index (χ3n) is 3.30. The van der Waals surface area contributed by atoms with Gasteiger partial charge in [0, 0.05) is 0 Å². The summed E-state index contributed by atoms with van der Waals surface area (Å²) in [4.78, 5) is 13.0. The number of halogens is 3. The van der Waals surface area contributed by atoms with Gasteiger partial charge in [0.05, 0.1) is 12.6 Å². The normalized spacial score (nSPS) is 25.6. The number of hydrogen-bond acceptors (Lipinski definition) is 4. The molecule has 1 aliphatic rings. The quantitative estimate of drug-likeness (QED) is 0.808. The van der Waals surface area contributed by atoms with E-state index in [2.05, 4.69) is 0 Å². The largest absolute Gasteiger partial charge is 0.444 e. The number of aliphatic hydroxyl groups is 1. The molecule has 1 N–H and O–H groups in total. The lowest BCUT2D eigenvalue weighted by Crippen LogP contribution is -2.62. The number of carbonyl (C=O) groups is 1. The van der Waals surface area contributed by atoms with Gasteiger partial charge in [0.2, 0.25) is 0 Å². The first kappa shape index (κ1) is 18.0. The highest BCUT2D eigenvalue weighted by Crippen LogP contribution is 2.41. The van der Waals surface area contributed by atoms with Crippen LogP contribution in [0.3, 0.4) is 0 Å². The molecule has 2 atom stereocenters. The fraction of sp³-hybridized carbons (Fsp3) is 0.923. The fourth-order valence-corrected chi connectivity index (χ4v) is 2.06. The Bertz CT molecular complexity index is 413. The Hall–Kier alpha value is -1.02. The van der Waals surface area contributed by atoms with E-state index in [-0.39, 0.29) is 0 Å². The second-order valence-corrected chi connectivity index (χ2v) is 6.77. The van der Waals surface area contributed by atoms with Crippen molar-refractivity contribution in [1.29, 1.82) is 0 Å². The van der Waals surface area contributed by atoms with Gasteiger partial charge in [0.15, 0.2) is 5.60 Å². The van der Waals surface area contributed by atoms with Gasteiger partial charge in [-0.05, 0) is 41.5 Å². The number of ether oxygens (including phenoxy) is 2. The molecule has 124 valence electrons. The molecule has 0 aromatic carbocycles. The Morgan fingerprint density at radius 2 is 1.76 bits per heavy atom. The van der Waals surface area contributed by atoms with Crippen molar-refractivity contribution in [1.82, 2.24) is 4.90 Å². The number of nitrogens with zero attached hydrogens (tertiary/aromatic N) is 1. The Labute approximate surface area is 122 Å². The van der Waals surface area contributed by atoms with Crippen LogP contribution in [0.4, 0.5) is 18.0 Å². The topological polar surface area (TPSA) is 59.0 Å². The summed E-state index contributed by atoms with van der Waals surface area (Å²) >= 11 is 0. The second kappa shape index (κ2) is 5.01. The monoisotopic (exact) mass is 313 g/mol. The maximum atomic E-state index is 13.0. The molecular formula is C13H22F3NO4. The maximum absolute atomic E-state index is 13.0. The smallest absolute Gasteiger partial charge is 0.419 e. The van der Waals surface area contributed by atoms with E-state index in [0.29, 0.717) is 6.92 Å². The molecule has 0 aromatic heterocycles. The van der Waals surface area contributed by atoms with Crippen LogP contribution < -0.4 is 0 Å². The van der Waals surface area contributed by atoms with Gasteiger partial charge < -0.3 is 14.6 Å². The van der Waals surface area contributed by atoms with Gasteiger partial charge in [-0.25, -0.2) is 4.79 Å². The van der Waals surface area contributed by atoms with Gasteiger partial charge >= 0.3 is 12.3 Å². The molecule has 8 heteroatoms. The minimum atomic E-state index is -4.90. The molecule has 1 saturated heterocycles. The lowest BCUT2D eigenvalue weighted by atomic mass is 9.95. The summed E-state index contributed by atoms with van der Waals surface area (Å²) < 4.78 is 49.5. The predicted octanol–water partition coefficient (Wildman–Crippen LogP) is 2.67. The Morgan fingerprint density at radius 1 is 1.29 bits per heavy atom. The zero-order valence-electron chi connectivity index (χ0n) is 13.0. The Morgan fingerprint density at radius 3 is 2.14 bits per heavy atom. The first-order valence-corrected chi connectivity index (χ1v) is 6.55. The summed E-state index contributed by atoms with van der Waals surface area (Å²) in [5.74, 6) is 0. The molecule has 0 unspecified atom stereocenters. The molecule has 21 heavy (non-hydrogen) atoms. The summed E-state index contributed by atoms with van der Waals surface area (Å²) in [5, 5.41) is 9.85. The maximum Gasteiger partial charge on any atom is 0.419 e. The highest BCUT2D eigenvalue weighted by Gasteiger charge is 2.62. The van der Waals surface area contributed by atoms with Crippen molar-refractivity contribution in [3.8, 4) is 0 Å². The van der Waals surface area contributed by atoms with E-state index >= 15 is 0 Å². The standard InChI is InChI=1S/C13H22F3NO4/c1-10(2,3)21-9(18)17-8(7-20-11(17,4)5)12(6,19)13(14,15)16/h8,19H,7H2,1-6H3/t8-,12-/m0/s1. The van der Waals surface area contributed by atoms with Crippen LogP contribution in [0.1, 0.15) is 41.5 Å². The van der Waals surface area contributed by atoms with E-state index in [1.807, 2.05) is 0 Å². The highest BCUT2D eigenvalue weighted by atomic mass is 19.4. The summed E-state index contributed by atoms with van der Waals surface area (Å²) in [6.07, 6.45) is -5.86. The zero-order valence-corrected chi connectivity index (χ0v) is 13.0. The highest BCUT2D eigenvalue weighted by molar-refractivity contribution is 5.70. The average molecular weight is 313 g/mol. The number of rotatable bonds is 1. The average Bonchev–Trinajstić information content (AvgIpc) is 2.49. The summed E-state index contributed by atoms with van der Waals surface area (Å²) in [7, 11) is 0. The fourth-order valence-electron chi connectivity index (χ4n) is 2.06. The van der Waals surface area contributed by atoms with Crippen LogP contribution in [-0.2, 0) is 9.47 Å². The Balaban J connectivity index is 3.14. The number of carbonyl (C=O) groups excluding carboxylic acids is 1. The van der Waals surface area contributed by atoms with Gasteiger partial charge in [0.25, 0.3) is 0 Å². The lowest BCUT2D eigenvalue weighted by molar-refractivity contribution is -0.269. The van der Waals surface area contributed by atoms with E-state index in [4.69, 9.17) is 9.47 Å². The van der Waals surface area contributed by atoms with Gasteiger partial charge in [-0.1, -0.05) is 0 Å². The number of alkyl halides is 3. The molecule has 1 fully saturated rings. The van der Waals surface area contributed by atoms with E-state index < -0.39 is 41.8 Å². The molecule has 5 nitrogen and oxygen atoms in total. The molecule has 0 spiro atoms. The van der Waals surface area contributed by atoms with E-state index in [0.717, 1.165) is 4.90 Å². The third kappa shape index (κ3) is 3.60. The lowest BCUT2D eigenvalue weighted by Gasteiger charge is -2.40. The predicted molar refractivity (Wildman–Crippen MR) is 68.6 cm³/mol. The zero-order chi connectivity index (χ0) is 16.9. The summed E-state index contributed by atoms with van der Waals surface area (Å²) in [5.41, 5.74) is -5.27. The molecule has 0 saturated carbocycles. The molecule has 0 aliphatic carbocycles. The van der Waals surface area contributed by atoms with Gasteiger partial charge in [-0.15, -0.1) is 0 Å². The van der Waals surface area contributed by atoms with Crippen LogP contribution in [0.5, 0.6) is 0 Å². The van der Waals surface area contributed by atoms with E-state index in [1.54, 1.807) is 20.8 Å². The number of amides is 1. The van der Waals surface area contributed by atoms with Crippen molar-refractivity contribution in [2.45, 2.75) is 70.7 Å². The van der Waals surface area contributed by atoms with Crippen molar-refractivity contribution in [3.63, 3.8) is 0 Å². The van der Waals surface area contributed by atoms with Gasteiger partial charge in [-0.3, -0.25) is 4.90 Å². The number of hydrogen-bond donors (Lipinski definition) is 1. The molecule has 1 aliphatic heterocycles. The van der Waals surface area contributed by atoms with Crippen LogP contribution in [0, 0.1) is 0 Å². The van der Waals surface area contributed by atoms with Crippen molar-refractivity contribution in [3.05, 3.63) is 0 Å². The third-order valence-corrected chi connectivity index (χ3v) is 3.30. The molecule has 0 radical (unpaired) electrons. The first-order chi connectivity index (χ1) is 9.09. The van der Waals surface area contributed by atoms with Crippen molar-refractivity contribution >= 4 is 6.09 Å². The van der Waals surface area contributed by atoms with Crippen molar-refractivity contribution in [2.75, 3.05) is 6.61 Å². The minimum absolute atomic E-state index is 0.432. The molecular weight excluding hydrogens is 291 g/mol.